The zero-order chi connectivity index (χ0) is 13.7. The topological polar surface area (TPSA) is 52.8 Å². The molecule has 19 heavy (non-hydrogen) atoms. The summed E-state index contributed by atoms with van der Waals surface area (Å²) < 4.78 is 0. The molecule has 0 amide bonds. The molecule has 0 aliphatic carbocycles. The van der Waals surface area contributed by atoms with Crippen LogP contribution < -0.4 is 4.90 Å². The average Bonchev–Trinajstić information content (AvgIpc) is 2.49. The maximum absolute atomic E-state index is 8.92. The number of hydrogen-bond donors (Lipinski definition) is 0. The fourth-order valence-electron chi connectivity index (χ4n) is 2.16. The predicted molar refractivity (Wildman–Crippen MR) is 74.6 cm³/mol. The summed E-state index contributed by atoms with van der Waals surface area (Å²) in [5.74, 6) is 0.808. The van der Waals surface area contributed by atoms with Gasteiger partial charge in [0.2, 0.25) is 0 Å². The number of aromatic nitrogens is 2. The molecule has 4 heteroatoms. The SMILES string of the molecule is CCC(c1ccncc1)N(C)c1cccc(C#N)n1. The molecule has 1 unspecified atom stereocenters. The molecule has 0 radical (unpaired) electrons. The first-order valence-corrected chi connectivity index (χ1v) is 6.26. The van der Waals surface area contributed by atoms with Crippen LogP contribution in [0.1, 0.15) is 30.6 Å². The number of rotatable bonds is 4. The van der Waals surface area contributed by atoms with Crippen LogP contribution in [0.3, 0.4) is 0 Å². The number of nitriles is 1. The lowest BCUT2D eigenvalue weighted by atomic mass is 10.0. The molecule has 2 heterocycles. The quantitative estimate of drug-likeness (QED) is 0.839. The Labute approximate surface area is 113 Å². The van der Waals surface area contributed by atoms with Crippen LogP contribution in [0.25, 0.3) is 0 Å². The van der Waals surface area contributed by atoms with Crippen molar-refractivity contribution in [2.24, 2.45) is 0 Å². The molecule has 2 aromatic heterocycles. The van der Waals surface area contributed by atoms with Crippen LogP contribution >= 0.6 is 0 Å². The molecule has 2 rings (SSSR count). The fourth-order valence-corrected chi connectivity index (χ4v) is 2.16. The fraction of sp³-hybridized carbons (Fsp3) is 0.267. The zero-order valence-electron chi connectivity index (χ0n) is 11.1. The third-order valence-corrected chi connectivity index (χ3v) is 3.16. The summed E-state index contributed by atoms with van der Waals surface area (Å²) in [4.78, 5) is 10.5. The van der Waals surface area contributed by atoms with Crippen molar-refractivity contribution in [3.8, 4) is 6.07 Å². The molecule has 0 bridgehead atoms. The van der Waals surface area contributed by atoms with E-state index in [2.05, 4.69) is 27.9 Å². The molecule has 0 saturated carbocycles. The van der Waals surface area contributed by atoms with Crippen molar-refractivity contribution in [1.29, 1.82) is 5.26 Å². The highest BCUT2D eigenvalue weighted by Crippen LogP contribution is 2.26. The molecule has 0 aliphatic rings. The van der Waals surface area contributed by atoms with E-state index < -0.39 is 0 Å². The first kappa shape index (κ1) is 13.0. The zero-order valence-corrected chi connectivity index (χ0v) is 11.1. The largest absolute Gasteiger partial charge is 0.353 e. The highest BCUT2D eigenvalue weighted by molar-refractivity contribution is 5.43. The van der Waals surface area contributed by atoms with Crippen molar-refractivity contribution in [2.75, 3.05) is 11.9 Å². The van der Waals surface area contributed by atoms with Crippen LogP contribution in [0.2, 0.25) is 0 Å². The molecule has 0 fully saturated rings. The van der Waals surface area contributed by atoms with Crippen LogP contribution in [0.5, 0.6) is 0 Å². The van der Waals surface area contributed by atoms with Crippen molar-refractivity contribution in [3.63, 3.8) is 0 Å². The third kappa shape index (κ3) is 2.89. The molecule has 0 aliphatic heterocycles. The lowest BCUT2D eigenvalue weighted by molar-refractivity contribution is 0.640. The van der Waals surface area contributed by atoms with Crippen molar-refractivity contribution in [3.05, 3.63) is 54.0 Å². The second-order valence-electron chi connectivity index (χ2n) is 4.31. The van der Waals surface area contributed by atoms with Crippen LogP contribution in [-0.4, -0.2) is 17.0 Å². The van der Waals surface area contributed by atoms with Crippen LogP contribution in [0, 0.1) is 11.3 Å². The van der Waals surface area contributed by atoms with Gasteiger partial charge in [-0.25, -0.2) is 4.98 Å². The molecule has 2 aromatic rings. The van der Waals surface area contributed by atoms with Gasteiger partial charge in [-0.05, 0) is 36.2 Å². The molecule has 1 atom stereocenters. The Morgan fingerprint density at radius 2 is 2.00 bits per heavy atom. The average molecular weight is 252 g/mol. The van der Waals surface area contributed by atoms with Gasteiger partial charge in [0.1, 0.15) is 17.6 Å². The van der Waals surface area contributed by atoms with E-state index >= 15 is 0 Å². The predicted octanol–water partition coefficient (Wildman–Crippen LogP) is 2.94. The normalized spacial score (nSPS) is 11.6. The third-order valence-electron chi connectivity index (χ3n) is 3.16. The number of nitrogens with zero attached hydrogens (tertiary/aromatic N) is 4. The van der Waals surface area contributed by atoms with E-state index in [0.29, 0.717) is 5.69 Å². The van der Waals surface area contributed by atoms with Gasteiger partial charge in [-0.1, -0.05) is 13.0 Å². The minimum Gasteiger partial charge on any atom is -0.353 e. The van der Waals surface area contributed by atoms with Gasteiger partial charge in [-0.2, -0.15) is 5.26 Å². The van der Waals surface area contributed by atoms with Crippen molar-refractivity contribution in [1.82, 2.24) is 9.97 Å². The summed E-state index contributed by atoms with van der Waals surface area (Å²) in [7, 11) is 2.00. The Balaban J connectivity index is 2.31. The summed E-state index contributed by atoms with van der Waals surface area (Å²) in [6, 6.07) is 11.8. The van der Waals surface area contributed by atoms with Crippen LogP contribution in [0.4, 0.5) is 5.82 Å². The standard InChI is InChI=1S/C15H16N4/c1-3-14(12-7-9-17-10-8-12)19(2)15-6-4-5-13(11-16)18-15/h4-10,14H,3H2,1-2H3. The highest BCUT2D eigenvalue weighted by atomic mass is 15.2. The van der Waals surface area contributed by atoms with Crippen molar-refractivity contribution < 1.29 is 0 Å². The Morgan fingerprint density at radius 3 is 2.63 bits per heavy atom. The summed E-state index contributed by atoms with van der Waals surface area (Å²) in [6.45, 7) is 2.13. The van der Waals surface area contributed by atoms with Gasteiger partial charge < -0.3 is 4.90 Å². The number of hydrogen-bond acceptors (Lipinski definition) is 4. The van der Waals surface area contributed by atoms with E-state index in [9.17, 15) is 0 Å². The monoisotopic (exact) mass is 252 g/mol. The van der Waals surface area contributed by atoms with Crippen molar-refractivity contribution >= 4 is 5.82 Å². The molecule has 96 valence electrons. The van der Waals surface area contributed by atoms with Crippen molar-refractivity contribution in [2.45, 2.75) is 19.4 Å². The van der Waals surface area contributed by atoms with Gasteiger partial charge in [0.15, 0.2) is 0 Å². The minimum absolute atomic E-state index is 0.226. The van der Waals surface area contributed by atoms with E-state index in [4.69, 9.17) is 5.26 Å². The van der Waals surface area contributed by atoms with Gasteiger partial charge >= 0.3 is 0 Å². The smallest absolute Gasteiger partial charge is 0.142 e. The van der Waals surface area contributed by atoms with E-state index in [1.807, 2.05) is 31.3 Å². The molecule has 0 spiro atoms. The van der Waals surface area contributed by atoms with Crippen LogP contribution in [-0.2, 0) is 0 Å². The Hall–Kier alpha value is -2.41. The lowest BCUT2D eigenvalue weighted by Crippen LogP contribution is -2.24. The second-order valence-corrected chi connectivity index (χ2v) is 4.31. The van der Waals surface area contributed by atoms with Crippen LogP contribution in [0.15, 0.2) is 42.7 Å². The minimum atomic E-state index is 0.226. The molecule has 4 nitrogen and oxygen atoms in total. The van der Waals surface area contributed by atoms with E-state index in [-0.39, 0.29) is 6.04 Å². The summed E-state index contributed by atoms with van der Waals surface area (Å²) in [5.41, 5.74) is 1.64. The van der Waals surface area contributed by atoms with E-state index in [1.54, 1.807) is 18.5 Å². The number of anilines is 1. The highest BCUT2D eigenvalue weighted by Gasteiger charge is 2.16. The molecule has 0 saturated heterocycles. The van der Waals surface area contributed by atoms with Gasteiger partial charge in [-0.15, -0.1) is 0 Å². The first-order chi connectivity index (χ1) is 9.26. The molecule has 0 aromatic carbocycles. The number of pyridine rings is 2. The van der Waals surface area contributed by atoms with E-state index in [0.717, 1.165) is 12.2 Å². The van der Waals surface area contributed by atoms with Gasteiger partial charge in [-0.3, -0.25) is 4.98 Å². The van der Waals surface area contributed by atoms with Gasteiger partial charge in [0.05, 0.1) is 6.04 Å². The Morgan fingerprint density at radius 1 is 1.26 bits per heavy atom. The van der Waals surface area contributed by atoms with Gasteiger partial charge in [0.25, 0.3) is 0 Å². The van der Waals surface area contributed by atoms with Gasteiger partial charge in [0, 0.05) is 19.4 Å². The Kier molecular flexibility index (Phi) is 4.09. The maximum Gasteiger partial charge on any atom is 0.142 e. The lowest BCUT2D eigenvalue weighted by Gasteiger charge is -2.28. The Bertz CT molecular complexity index is 574. The maximum atomic E-state index is 8.92. The summed E-state index contributed by atoms with van der Waals surface area (Å²) in [5, 5.41) is 8.92. The van der Waals surface area contributed by atoms with E-state index in [1.165, 1.54) is 5.56 Å². The second kappa shape index (κ2) is 5.96. The summed E-state index contributed by atoms with van der Waals surface area (Å²) >= 11 is 0. The summed E-state index contributed by atoms with van der Waals surface area (Å²) in [6.07, 6.45) is 4.55. The first-order valence-electron chi connectivity index (χ1n) is 6.26. The molecular formula is C15H16N4. The molecule has 0 N–H and O–H groups in total. The molecular weight excluding hydrogens is 236 g/mol.